The summed E-state index contributed by atoms with van der Waals surface area (Å²) in [7, 11) is 0. The molecule has 1 aromatic heterocycles. The Morgan fingerprint density at radius 3 is 2.63 bits per heavy atom. The predicted octanol–water partition coefficient (Wildman–Crippen LogP) is 3.93. The molecule has 0 aliphatic carbocycles. The van der Waals surface area contributed by atoms with Gasteiger partial charge in [-0.1, -0.05) is 47.7 Å². The average Bonchev–Trinajstić information content (AvgIpc) is 3.01. The lowest BCUT2D eigenvalue weighted by atomic mass is 10.1. The molecule has 3 rings (SSSR count). The van der Waals surface area contributed by atoms with Crippen LogP contribution >= 0.6 is 11.3 Å². The molecule has 0 radical (unpaired) electrons. The number of amides is 2. The number of aromatic nitrogens is 1. The summed E-state index contributed by atoms with van der Waals surface area (Å²) in [5.74, 6) is -0.125. The second-order valence-corrected chi connectivity index (χ2v) is 7.70. The van der Waals surface area contributed by atoms with Crippen molar-refractivity contribution in [3.05, 3.63) is 59.7 Å². The van der Waals surface area contributed by atoms with Gasteiger partial charge in [-0.25, -0.2) is 4.98 Å². The number of thiazole rings is 1. The highest BCUT2D eigenvalue weighted by Crippen LogP contribution is 2.27. The Kier molecular flexibility index (Phi) is 6.19. The Labute approximate surface area is 162 Å². The molecule has 0 fully saturated rings. The first kappa shape index (κ1) is 19.0. The van der Waals surface area contributed by atoms with E-state index in [1.165, 1.54) is 23.8 Å². The molecule has 27 heavy (non-hydrogen) atoms. The standard InChI is InChI=1S/C21H23N3O2S/c1-14(8-9-16-6-4-3-5-7-16)22-20(26)13-17-10-11-18-19(12-17)27-21(24-18)23-15(2)25/h3-7,10-12,14H,8-9,13H2,1-2H3,(H,22,26)(H,23,24,25). The van der Waals surface area contributed by atoms with Gasteiger partial charge in [-0.2, -0.15) is 0 Å². The Balaban J connectivity index is 1.54. The number of carbonyl (C=O) groups excluding carboxylic acids is 2. The van der Waals surface area contributed by atoms with Crippen LogP contribution in [0.4, 0.5) is 5.13 Å². The molecule has 2 N–H and O–H groups in total. The highest BCUT2D eigenvalue weighted by atomic mass is 32.1. The topological polar surface area (TPSA) is 71.1 Å². The van der Waals surface area contributed by atoms with Crippen LogP contribution in [0.25, 0.3) is 10.2 Å². The van der Waals surface area contributed by atoms with Gasteiger partial charge in [0.25, 0.3) is 0 Å². The smallest absolute Gasteiger partial charge is 0.224 e. The zero-order valence-electron chi connectivity index (χ0n) is 15.5. The fourth-order valence-electron chi connectivity index (χ4n) is 2.89. The van der Waals surface area contributed by atoms with Crippen LogP contribution in [0.15, 0.2) is 48.5 Å². The van der Waals surface area contributed by atoms with Gasteiger partial charge in [0.1, 0.15) is 0 Å². The molecular weight excluding hydrogens is 358 g/mol. The minimum absolute atomic E-state index is 0.0153. The summed E-state index contributed by atoms with van der Waals surface area (Å²) in [6.45, 7) is 3.49. The van der Waals surface area contributed by atoms with E-state index in [1.807, 2.05) is 43.3 Å². The first-order chi connectivity index (χ1) is 13.0. The number of anilines is 1. The number of nitrogens with zero attached hydrogens (tertiary/aromatic N) is 1. The maximum Gasteiger partial charge on any atom is 0.224 e. The van der Waals surface area contributed by atoms with E-state index in [2.05, 4.69) is 27.8 Å². The van der Waals surface area contributed by atoms with Crippen LogP contribution < -0.4 is 10.6 Å². The van der Waals surface area contributed by atoms with Crippen LogP contribution in [0.5, 0.6) is 0 Å². The lowest BCUT2D eigenvalue weighted by molar-refractivity contribution is -0.121. The summed E-state index contributed by atoms with van der Waals surface area (Å²) >= 11 is 1.41. The third-order valence-corrected chi connectivity index (χ3v) is 5.15. The Morgan fingerprint density at radius 2 is 1.89 bits per heavy atom. The van der Waals surface area contributed by atoms with Crippen molar-refractivity contribution in [3.63, 3.8) is 0 Å². The minimum Gasteiger partial charge on any atom is -0.353 e. The van der Waals surface area contributed by atoms with Crippen molar-refractivity contribution < 1.29 is 9.59 Å². The highest BCUT2D eigenvalue weighted by molar-refractivity contribution is 7.22. The second-order valence-electron chi connectivity index (χ2n) is 6.67. The van der Waals surface area contributed by atoms with Crippen molar-refractivity contribution in [1.29, 1.82) is 0 Å². The minimum atomic E-state index is -0.141. The molecule has 0 aliphatic heterocycles. The summed E-state index contributed by atoms with van der Waals surface area (Å²) < 4.78 is 0.959. The average molecular weight is 382 g/mol. The lowest BCUT2D eigenvalue weighted by Crippen LogP contribution is -2.34. The van der Waals surface area contributed by atoms with Crippen molar-refractivity contribution in [2.45, 2.75) is 39.2 Å². The molecule has 6 heteroatoms. The van der Waals surface area contributed by atoms with Gasteiger partial charge >= 0.3 is 0 Å². The number of nitrogens with one attached hydrogen (secondary N) is 2. The van der Waals surface area contributed by atoms with Gasteiger partial charge in [0.2, 0.25) is 11.8 Å². The fourth-order valence-corrected chi connectivity index (χ4v) is 3.87. The molecule has 0 aliphatic rings. The zero-order valence-corrected chi connectivity index (χ0v) is 16.3. The van der Waals surface area contributed by atoms with E-state index in [1.54, 1.807) is 0 Å². The monoisotopic (exact) mass is 381 g/mol. The van der Waals surface area contributed by atoms with Crippen LogP contribution in [0.2, 0.25) is 0 Å². The number of hydrogen-bond acceptors (Lipinski definition) is 4. The van der Waals surface area contributed by atoms with Gasteiger partial charge < -0.3 is 10.6 Å². The lowest BCUT2D eigenvalue weighted by Gasteiger charge is -2.14. The van der Waals surface area contributed by atoms with Gasteiger partial charge in [-0.3, -0.25) is 9.59 Å². The predicted molar refractivity (Wildman–Crippen MR) is 110 cm³/mol. The Hall–Kier alpha value is -2.73. The van der Waals surface area contributed by atoms with E-state index in [9.17, 15) is 9.59 Å². The number of carbonyl (C=O) groups is 2. The van der Waals surface area contributed by atoms with Crippen molar-refractivity contribution in [2.75, 3.05) is 5.32 Å². The number of hydrogen-bond donors (Lipinski definition) is 2. The molecule has 0 spiro atoms. The number of aryl methyl sites for hydroxylation is 1. The van der Waals surface area contributed by atoms with Crippen molar-refractivity contribution in [2.24, 2.45) is 0 Å². The second kappa shape index (κ2) is 8.77. The zero-order chi connectivity index (χ0) is 19.2. The normalized spacial score (nSPS) is 11.9. The maximum atomic E-state index is 12.3. The Bertz CT molecular complexity index is 937. The summed E-state index contributed by atoms with van der Waals surface area (Å²) in [5, 5.41) is 6.34. The van der Waals surface area contributed by atoms with E-state index in [0.29, 0.717) is 11.6 Å². The van der Waals surface area contributed by atoms with E-state index < -0.39 is 0 Å². The highest BCUT2D eigenvalue weighted by Gasteiger charge is 2.11. The number of benzene rings is 2. The molecule has 140 valence electrons. The summed E-state index contributed by atoms with van der Waals surface area (Å²) in [4.78, 5) is 27.9. The van der Waals surface area contributed by atoms with Crippen molar-refractivity contribution in [3.8, 4) is 0 Å². The molecule has 3 aromatic rings. The molecule has 1 heterocycles. The first-order valence-electron chi connectivity index (χ1n) is 9.00. The summed E-state index contributed by atoms with van der Waals surface area (Å²) in [6, 6.07) is 16.2. The molecule has 2 aromatic carbocycles. The van der Waals surface area contributed by atoms with E-state index >= 15 is 0 Å². The quantitative estimate of drug-likeness (QED) is 0.651. The molecule has 1 atom stereocenters. The molecule has 1 unspecified atom stereocenters. The van der Waals surface area contributed by atoms with Crippen LogP contribution in [-0.4, -0.2) is 22.8 Å². The molecule has 0 saturated carbocycles. The maximum absolute atomic E-state index is 12.3. The van der Waals surface area contributed by atoms with Crippen LogP contribution in [0.1, 0.15) is 31.4 Å². The number of fused-ring (bicyclic) bond motifs is 1. The third-order valence-electron chi connectivity index (χ3n) is 4.22. The van der Waals surface area contributed by atoms with E-state index in [0.717, 1.165) is 28.6 Å². The van der Waals surface area contributed by atoms with Gasteiger partial charge in [0, 0.05) is 13.0 Å². The molecule has 5 nitrogen and oxygen atoms in total. The fraction of sp³-hybridized carbons (Fsp3) is 0.286. The molecule has 0 saturated heterocycles. The molecular formula is C21H23N3O2S. The molecule has 2 amide bonds. The summed E-state index contributed by atoms with van der Waals surface area (Å²) in [5.41, 5.74) is 3.04. The third kappa shape index (κ3) is 5.62. The van der Waals surface area contributed by atoms with Crippen LogP contribution in [0, 0.1) is 0 Å². The van der Waals surface area contributed by atoms with E-state index in [4.69, 9.17) is 0 Å². The van der Waals surface area contributed by atoms with Gasteiger partial charge in [-0.15, -0.1) is 0 Å². The number of rotatable bonds is 7. The first-order valence-corrected chi connectivity index (χ1v) is 9.81. The van der Waals surface area contributed by atoms with E-state index in [-0.39, 0.29) is 17.9 Å². The largest absolute Gasteiger partial charge is 0.353 e. The van der Waals surface area contributed by atoms with Crippen LogP contribution in [0.3, 0.4) is 0 Å². The summed E-state index contributed by atoms with van der Waals surface area (Å²) in [6.07, 6.45) is 2.18. The molecule has 0 bridgehead atoms. The van der Waals surface area contributed by atoms with Gasteiger partial charge in [0.15, 0.2) is 5.13 Å². The van der Waals surface area contributed by atoms with Crippen LogP contribution in [-0.2, 0) is 22.4 Å². The van der Waals surface area contributed by atoms with Crippen molar-refractivity contribution >= 4 is 38.5 Å². The van der Waals surface area contributed by atoms with Crippen molar-refractivity contribution in [1.82, 2.24) is 10.3 Å². The van der Waals surface area contributed by atoms with Gasteiger partial charge in [0.05, 0.1) is 16.6 Å². The van der Waals surface area contributed by atoms with Gasteiger partial charge in [-0.05, 0) is 43.0 Å². The SMILES string of the molecule is CC(=O)Nc1nc2ccc(CC(=O)NC(C)CCc3ccccc3)cc2s1. The Morgan fingerprint density at radius 1 is 1.11 bits per heavy atom.